The van der Waals surface area contributed by atoms with Gasteiger partial charge in [-0.3, -0.25) is 9.78 Å². The van der Waals surface area contributed by atoms with Crippen LogP contribution in [0.2, 0.25) is 0 Å². The van der Waals surface area contributed by atoms with Crippen LogP contribution in [0.3, 0.4) is 0 Å². The Morgan fingerprint density at radius 2 is 1.72 bits per heavy atom. The summed E-state index contributed by atoms with van der Waals surface area (Å²) in [6.45, 7) is 0. The molecule has 2 aromatic heterocycles. The van der Waals surface area contributed by atoms with E-state index in [2.05, 4.69) is 9.97 Å². The minimum Gasteiger partial charge on any atom is -0.481 e. The fourth-order valence-corrected chi connectivity index (χ4v) is 3.57. The number of benzene rings is 2. The highest BCUT2D eigenvalue weighted by Gasteiger charge is 2.23. The van der Waals surface area contributed by atoms with Crippen molar-refractivity contribution in [2.45, 2.75) is 19.3 Å². The highest BCUT2D eigenvalue weighted by molar-refractivity contribution is 5.70. The Morgan fingerprint density at radius 1 is 0.969 bits per heavy atom. The van der Waals surface area contributed by atoms with Gasteiger partial charge in [0.15, 0.2) is 0 Å². The van der Waals surface area contributed by atoms with E-state index in [9.17, 15) is 18.7 Å². The van der Waals surface area contributed by atoms with Crippen molar-refractivity contribution in [2.24, 2.45) is 5.92 Å². The van der Waals surface area contributed by atoms with Gasteiger partial charge in [0.2, 0.25) is 0 Å². The molecule has 1 atom stereocenters. The summed E-state index contributed by atoms with van der Waals surface area (Å²) in [6.07, 6.45) is 3.49. The van der Waals surface area contributed by atoms with Gasteiger partial charge in [0, 0.05) is 30.9 Å². The summed E-state index contributed by atoms with van der Waals surface area (Å²) in [4.78, 5) is 21.1. The molecule has 0 aliphatic carbocycles. The monoisotopic (exact) mass is 434 g/mol. The first-order valence-corrected chi connectivity index (χ1v) is 10.1. The number of aromatic nitrogens is 2. The molecule has 0 spiro atoms. The third-order valence-electron chi connectivity index (χ3n) is 5.11. The molecule has 2 heterocycles. The average molecular weight is 434 g/mol. The largest absolute Gasteiger partial charge is 0.481 e. The van der Waals surface area contributed by atoms with Crippen LogP contribution in [0.15, 0.2) is 77.5 Å². The second-order valence-electron chi connectivity index (χ2n) is 7.49. The fourth-order valence-electron chi connectivity index (χ4n) is 3.57. The van der Waals surface area contributed by atoms with Crippen LogP contribution in [0, 0.1) is 17.6 Å². The zero-order valence-corrected chi connectivity index (χ0v) is 17.0. The topological polar surface area (TPSA) is 76.2 Å². The van der Waals surface area contributed by atoms with Crippen molar-refractivity contribution >= 4 is 5.97 Å². The lowest BCUT2D eigenvalue weighted by Gasteiger charge is -2.15. The molecule has 0 fully saturated rings. The van der Waals surface area contributed by atoms with Gasteiger partial charge in [-0.1, -0.05) is 30.3 Å². The maximum Gasteiger partial charge on any atom is 0.307 e. The van der Waals surface area contributed by atoms with E-state index in [1.165, 1.54) is 18.4 Å². The zero-order chi connectivity index (χ0) is 22.5. The summed E-state index contributed by atoms with van der Waals surface area (Å²) in [6, 6.07) is 16.1. The van der Waals surface area contributed by atoms with Crippen molar-refractivity contribution in [1.82, 2.24) is 9.97 Å². The standard InChI is InChI=1S/C25H20F2N2O3/c26-19-9-16(10-20(27)14-19)11-23-22(13-18(25(30)31)12-21-7-4-8-32-21)28-15-24(29-23)17-5-2-1-3-6-17/h1-10,14-15,18H,11-13H2,(H,30,31). The van der Waals surface area contributed by atoms with E-state index < -0.39 is 23.5 Å². The Labute approximate surface area is 183 Å². The number of furan rings is 1. The molecule has 0 aliphatic rings. The average Bonchev–Trinajstić information content (AvgIpc) is 3.27. The molecule has 4 aromatic rings. The van der Waals surface area contributed by atoms with Crippen LogP contribution < -0.4 is 0 Å². The van der Waals surface area contributed by atoms with E-state index >= 15 is 0 Å². The predicted molar refractivity (Wildman–Crippen MR) is 114 cm³/mol. The molecule has 7 heteroatoms. The first-order valence-electron chi connectivity index (χ1n) is 10.1. The number of nitrogens with zero attached hydrogens (tertiary/aromatic N) is 2. The smallest absolute Gasteiger partial charge is 0.307 e. The molecule has 0 amide bonds. The highest BCUT2D eigenvalue weighted by atomic mass is 19.1. The summed E-state index contributed by atoms with van der Waals surface area (Å²) in [5.74, 6) is -2.59. The Morgan fingerprint density at radius 3 is 2.38 bits per heavy atom. The van der Waals surface area contributed by atoms with Gasteiger partial charge in [-0.15, -0.1) is 0 Å². The van der Waals surface area contributed by atoms with Gasteiger partial charge >= 0.3 is 5.97 Å². The van der Waals surface area contributed by atoms with E-state index in [1.807, 2.05) is 30.3 Å². The molecule has 4 rings (SSSR count). The van der Waals surface area contributed by atoms with Crippen molar-refractivity contribution in [3.05, 3.63) is 107 Å². The molecule has 0 bridgehead atoms. The van der Waals surface area contributed by atoms with Crippen molar-refractivity contribution in [3.63, 3.8) is 0 Å². The van der Waals surface area contributed by atoms with Gasteiger partial charge in [0.05, 0.1) is 35.5 Å². The lowest BCUT2D eigenvalue weighted by atomic mass is 9.95. The van der Waals surface area contributed by atoms with Crippen molar-refractivity contribution in [1.29, 1.82) is 0 Å². The Kier molecular flexibility index (Phi) is 6.35. The van der Waals surface area contributed by atoms with E-state index in [1.54, 1.807) is 18.3 Å². The maximum absolute atomic E-state index is 13.7. The molecular weight excluding hydrogens is 414 g/mol. The highest BCUT2D eigenvalue weighted by Crippen LogP contribution is 2.23. The zero-order valence-electron chi connectivity index (χ0n) is 17.0. The first-order chi connectivity index (χ1) is 15.5. The van der Waals surface area contributed by atoms with E-state index in [0.717, 1.165) is 11.6 Å². The van der Waals surface area contributed by atoms with Gasteiger partial charge in [-0.2, -0.15) is 0 Å². The number of aliphatic carboxylic acids is 1. The summed E-state index contributed by atoms with van der Waals surface area (Å²) in [7, 11) is 0. The second kappa shape index (κ2) is 9.51. The number of hydrogen-bond acceptors (Lipinski definition) is 4. The summed E-state index contributed by atoms with van der Waals surface area (Å²) < 4.78 is 32.8. The molecule has 0 radical (unpaired) electrons. The molecular formula is C25H20F2N2O3. The Bertz CT molecular complexity index is 1190. The van der Waals surface area contributed by atoms with Crippen LogP contribution in [0.25, 0.3) is 11.3 Å². The number of carboxylic acids is 1. The van der Waals surface area contributed by atoms with E-state index in [4.69, 9.17) is 4.42 Å². The molecule has 0 aliphatic heterocycles. The molecule has 0 saturated carbocycles. The minimum atomic E-state index is -0.988. The van der Waals surface area contributed by atoms with E-state index in [-0.39, 0.29) is 19.3 Å². The third-order valence-corrected chi connectivity index (χ3v) is 5.11. The first kappa shape index (κ1) is 21.4. The molecule has 1 N–H and O–H groups in total. The fraction of sp³-hybridized carbons (Fsp3) is 0.160. The predicted octanol–water partition coefficient (Wildman–Crippen LogP) is 5.09. The molecule has 0 saturated heterocycles. The van der Waals surface area contributed by atoms with Gasteiger partial charge in [0.1, 0.15) is 17.4 Å². The summed E-state index contributed by atoms with van der Waals surface area (Å²) in [5.41, 5.74) is 2.76. The Balaban J connectivity index is 1.70. The SMILES string of the molecule is O=C(O)C(Cc1ccco1)Cc1ncc(-c2ccccc2)nc1Cc1cc(F)cc(F)c1. The number of rotatable bonds is 8. The van der Waals surface area contributed by atoms with Crippen LogP contribution in [0.1, 0.15) is 22.7 Å². The third kappa shape index (κ3) is 5.24. The molecule has 1 unspecified atom stereocenters. The molecule has 162 valence electrons. The van der Waals surface area contributed by atoms with E-state index in [0.29, 0.717) is 28.4 Å². The number of hydrogen-bond donors (Lipinski definition) is 1. The normalized spacial score (nSPS) is 11.9. The van der Waals surface area contributed by atoms with Crippen molar-refractivity contribution in [3.8, 4) is 11.3 Å². The number of halogens is 2. The Hall–Kier alpha value is -3.87. The van der Waals surface area contributed by atoms with Gasteiger partial charge in [-0.05, 0) is 29.8 Å². The van der Waals surface area contributed by atoms with Crippen molar-refractivity contribution in [2.75, 3.05) is 0 Å². The van der Waals surface area contributed by atoms with Crippen molar-refractivity contribution < 1.29 is 23.1 Å². The number of carboxylic acid groups (broad SMARTS) is 1. The maximum atomic E-state index is 13.7. The molecule has 32 heavy (non-hydrogen) atoms. The lowest BCUT2D eigenvalue weighted by Crippen LogP contribution is -2.21. The minimum absolute atomic E-state index is 0.102. The van der Waals surface area contributed by atoms with Crippen LogP contribution in [-0.4, -0.2) is 21.0 Å². The van der Waals surface area contributed by atoms with Crippen LogP contribution in [-0.2, 0) is 24.1 Å². The lowest BCUT2D eigenvalue weighted by molar-refractivity contribution is -0.141. The van der Waals surface area contributed by atoms with Gasteiger partial charge < -0.3 is 9.52 Å². The molecule has 2 aromatic carbocycles. The number of carbonyl (C=O) groups is 1. The second-order valence-corrected chi connectivity index (χ2v) is 7.49. The van der Waals surface area contributed by atoms with Crippen LogP contribution in [0.4, 0.5) is 8.78 Å². The molecule has 5 nitrogen and oxygen atoms in total. The van der Waals surface area contributed by atoms with Crippen LogP contribution >= 0.6 is 0 Å². The van der Waals surface area contributed by atoms with Crippen LogP contribution in [0.5, 0.6) is 0 Å². The van der Waals surface area contributed by atoms with Gasteiger partial charge in [-0.25, -0.2) is 13.8 Å². The van der Waals surface area contributed by atoms with Gasteiger partial charge in [0.25, 0.3) is 0 Å². The summed E-state index contributed by atoms with van der Waals surface area (Å²) >= 11 is 0. The summed E-state index contributed by atoms with van der Waals surface area (Å²) in [5, 5.41) is 9.73. The quantitative estimate of drug-likeness (QED) is 0.418.